The summed E-state index contributed by atoms with van der Waals surface area (Å²) >= 11 is 0. The number of imidazole rings is 1. The predicted octanol–water partition coefficient (Wildman–Crippen LogP) is 4.35. The van der Waals surface area contributed by atoms with Gasteiger partial charge in [-0.05, 0) is 54.7 Å². The lowest BCUT2D eigenvalue weighted by Gasteiger charge is -2.33. The summed E-state index contributed by atoms with van der Waals surface area (Å²) in [5.74, 6) is 0.662. The van der Waals surface area contributed by atoms with Crippen LogP contribution in [0, 0.1) is 5.82 Å². The number of hydrogen-bond acceptors (Lipinski definition) is 4. The molecule has 5 rings (SSSR count). The first kappa shape index (κ1) is 23.5. The Balaban J connectivity index is 1.27. The summed E-state index contributed by atoms with van der Waals surface area (Å²) in [7, 11) is -3.36. The zero-order chi connectivity index (χ0) is 24.3. The van der Waals surface area contributed by atoms with Gasteiger partial charge in [0.1, 0.15) is 5.82 Å². The van der Waals surface area contributed by atoms with E-state index in [1.807, 2.05) is 60.7 Å². The van der Waals surface area contributed by atoms with Crippen molar-refractivity contribution < 1.29 is 12.8 Å². The second kappa shape index (κ2) is 10.2. The molecule has 0 radical (unpaired) electrons. The molecule has 0 aliphatic carbocycles. The number of piperidine rings is 1. The van der Waals surface area contributed by atoms with Gasteiger partial charge in [-0.3, -0.25) is 0 Å². The molecule has 4 aromatic rings. The zero-order valence-corrected chi connectivity index (χ0v) is 20.3. The molecule has 6 nitrogen and oxygen atoms in total. The molecule has 0 atom stereocenters. The number of anilines is 1. The minimum atomic E-state index is -3.36. The Hall–Kier alpha value is -3.23. The summed E-state index contributed by atoms with van der Waals surface area (Å²) in [6.07, 6.45) is 1.90. The van der Waals surface area contributed by atoms with Crippen LogP contribution in [-0.2, 0) is 23.0 Å². The summed E-state index contributed by atoms with van der Waals surface area (Å²) in [5.41, 5.74) is 3.78. The maximum absolute atomic E-state index is 13.8. The molecular formula is C27H29FN4O2S. The number of rotatable bonds is 8. The first-order valence-corrected chi connectivity index (χ1v) is 13.6. The van der Waals surface area contributed by atoms with Gasteiger partial charge in [0, 0.05) is 19.1 Å². The number of benzene rings is 3. The van der Waals surface area contributed by atoms with Crippen molar-refractivity contribution in [3.05, 3.63) is 95.8 Å². The second-order valence-corrected chi connectivity index (χ2v) is 10.9. The Morgan fingerprint density at radius 3 is 2.40 bits per heavy atom. The number of fused-ring (bicyclic) bond motifs is 1. The fraction of sp³-hybridized carbons (Fsp3) is 0.296. The topological polar surface area (TPSA) is 67.2 Å². The first-order valence-electron chi connectivity index (χ1n) is 12.0. The highest BCUT2D eigenvalue weighted by molar-refractivity contribution is 7.89. The van der Waals surface area contributed by atoms with Crippen LogP contribution in [0.1, 0.15) is 24.0 Å². The molecule has 0 amide bonds. The van der Waals surface area contributed by atoms with Gasteiger partial charge in [0.25, 0.3) is 0 Å². The zero-order valence-electron chi connectivity index (χ0n) is 19.5. The largest absolute Gasteiger partial charge is 0.342 e. The van der Waals surface area contributed by atoms with Crippen molar-refractivity contribution in [3.63, 3.8) is 0 Å². The van der Waals surface area contributed by atoms with Crippen molar-refractivity contribution in [2.45, 2.75) is 31.8 Å². The molecule has 35 heavy (non-hydrogen) atoms. The maximum atomic E-state index is 13.8. The van der Waals surface area contributed by atoms with Crippen LogP contribution in [0.25, 0.3) is 11.0 Å². The molecule has 1 fully saturated rings. The van der Waals surface area contributed by atoms with E-state index in [2.05, 4.69) is 14.2 Å². The van der Waals surface area contributed by atoms with E-state index in [1.165, 1.54) is 6.07 Å². The first-order chi connectivity index (χ1) is 17.0. The minimum Gasteiger partial charge on any atom is -0.342 e. The van der Waals surface area contributed by atoms with Gasteiger partial charge in [-0.15, -0.1) is 0 Å². The van der Waals surface area contributed by atoms with Crippen LogP contribution in [0.15, 0.2) is 78.9 Å². The van der Waals surface area contributed by atoms with Crippen molar-refractivity contribution in [1.29, 1.82) is 0 Å². The molecule has 1 aliphatic rings. The average Bonchev–Trinajstić information content (AvgIpc) is 3.22. The van der Waals surface area contributed by atoms with Gasteiger partial charge < -0.3 is 9.47 Å². The van der Waals surface area contributed by atoms with Gasteiger partial charge >= 0.3 is 0 Å². The Morgan fingerprint density at radius 2 is 1.63 bits per heavy atom. The lowest BCUT2D eigenvalue weighted by Crippen LogP contribution is -2.46. The number of halogens is 1. The number of nitrogens with zero attached hydrogens (tertiary/aromatic N) is 3. The molecule has 0 unspecified atom stereocenters. The van der Waals surface area contributed by atoms with Crippen LogP contribution < -0.4 is 9.62 Å². The van der Waals surface area contributed by atoms with Crippen molar-refractivity contribution in [2.75, 3.05) is 23.7 Å². The quantitative estimate of drug-likeness (QED) is 0.397. The van der Waals surface area contributed by atoms with Crippen molar-refractivity contribution in [1.82, 2.24) is 14.3 Å². The van der Waals surface area contributed by atoms with Crippen LogP contribution in [0.3, 0.4) is 0 Å². The number of sulfonamides is 1. The molecule has 1 saturated heterocycles. The molecule has 0 saturated carbocycles. The highest BCUT2D eigenvalue weighted by atomic mass is 32.2. The van der Waals surface area contributed by atoms with Gasteiger partial charge in [-0.2, -0.15) is 0 Å². The van der Waals surface area contributed by atoms with Gasteiger partial charge in [-0.25, -0.2) is 22.5 Å². The lowest BCUT2D eigenvalue weighted by molar-refractivity contribution is 0.454. The van der Waals surface area contributed by atoms with Gasteiger partial charge in [0.05, 0.1) is 23.3 Å². The average molecular weight is 493 g/mol. The maximum Gasteiger partial charge on any atom is 0.212 e. The summed E-state index contributed by atoms with van der Waals surface area (Å²) in [6.45, 7) is 1.90. The van der Waals surface area contributed by atoms with Crippen molar-refractivity contribution >= 4 is 27.0 Å². The Kier molecular flexibility index (Phi) is 6.83. The molecule has 0 spiro atoms. The van der Waals surface area contributed by atoms with E-state index in [1.54, 1.807) is 12.1 Å². The molecule has 1 N–H and O–H groups in total. The summed E-state index contributed by atoms with van der Waals surface area (Å²) in [5, 5.41) is 0. The van der Waals surface area contributed by atoms with Crippen LogP contribution in [-0.4, -0.2) is 42.9 Å². The van der Waals surface area contributed by atoms with E-state index in [0.717, 1.165) is 28.1 Å². The van der Waals surface area contributed by atoms with E-state index in [-0.39, 0.29) is 17.6 Å². The number of nitrogens with one attached hydrogen (secondary N) is 1. The number of aromatic nitrogens is 2. The Labute approximate surface area is 205 Å². The van der Waals surface area contributed by atoms with Gasteiger partial charge in [-0.1, -0.05) is 54.6 Å². The van der Waals surface area contributed by atoms with E-state index in [9.17, 15) is 12.8 Å². The number of aryl methyl sites for hydroxylation is 1. The predicted molar refractivity (Wildman–Crippen MR) is 138 cm³/mol. The highest BCUT2D eigenvalue weighted by Gasteiger charge is 2.26. The van der Waals surface area contributed by atoms with Gasteiger partial charge in [0.2, 0.25) is 16.0 Å². The summed E-state index contributed by atoms with van der Waals surface area (Å²) in [4.78, 5) is 7.08. The lowest BCUT2D eigenvalue weighted by atomic mass is 10.1. The Morgan fingerprint density at radius 1 is 0.914 bits per heavy atom. The van der Waals surface area contributed by atoms with Crippen LogP contribution in [0.2, 0.25) is 0 Å². The van der Waals surface area contributed by atoms with Gasteiger partial charge in [0.15, 0.2) is 0 Å². The van der Waals surface area contributed by atoms with Crippen LogP contribution >= 0.6 is 0 Å². The normalized spacial score (nSPS) is 15.1. The summed E-state index contributed by atoms with van der Waals surface area (Å²) < 4.78 is 44.1. The fourth-order valence-electron chi connectivity index (χ4n) is 4.69. The molecule has 8 heteroatoms. The Bertz CT molecular complexity index is 1400. The third-order valence-electron chi connectivity index (χ3n) is 6.49. The second-order valence-electron chi connectivity index (χ2n) is 9.05. The molecule has 1 aromatic heterocycles. The standard InChI is InChI=1S/C27H29FN4O2S/c28-23-10-6-9-22(19-23)20-32-26-12-5-4-11-25(26)29-27(32)31-16-13-24(14-17-31)30-35(33,34)18-15-21-7-2-1-3-8-21/h1-12,19,24,30H,13-18,20H2. The van der Waals surface area contributed by atoms with Crippen molar-refractivity contribution in [3.8, 4) is 0 Å². The third kappa shape index (κ3) is 5.71. The van der Waals surface area contributed by atoms with E-state index < -0.39 is 10.0 Å². The number of para-hydroxylation sites is 2. The smallest absolute Gasteiger partial charge is 0.212 e. The third-order valence-corrected chi connectivity index (χ3v) is 7.92. The van der Waals surface area contributed by atoms with E-state index >= 15 is 0 Å². The summed E-state index contributed by atoms with van der Waals surface area (Å²) in [6, 6.07) is 24.2. The molecule has 1 aliphatic heterocycles. The molecule has 2 heterocycles. The molecule has 0 bridgehead atoms. The molecule has 182 valence electrons. The SMILES string of the molecule is O=S(=O)(CCc1ccccc1)NC1CCN(c2nc3ccccc3n2Cc2cccc(F)c2)CC1. The van der Waals surface area contributed by atoms with Crippen LogP contribution in [0.5, 0.6) is 0 Å². The van der Waals surface area contributed by atoms with E-state index in [0.29, 0.717) is 38.9 Å². The molecule has 3 aromatic carbocycles. The van der Waals surface area contributed by atoms with Crippen molar-refractivity contribution in [2.24, 2.45) is 0 Å². The number of hydrogen-bond donors (Lipinski definition) is 1. The van der Waals surface area contributed by atoms with E-state index in [4.69, 9.17) is 4.98 Å². The molecular weight excluding hydrogens is 463 g/mol. The fourth-order valence-corrected chi connectivity index (χ4v) is 6.05. The highest BCUT2D eigenvalue weighted by Crippen LogP contribution is 2.27. The monoisotopic (exact) mass is 492 g/mol. The van der Waals surface area contributed by atoms with Crippen LogP contribution in [0.4, 0.5) is 10.3 Å². The minimum absolute atomic E-state index is 0.0840.